The Morgan fingerprint density at radius 1 is 1.25 bits per heavy atom. The van der Waals surface area contributed by atoms with Crippen molar-refractivity contribution < 1.29 is 28.6 Å². The van der Waals surface area contributed by atoms with Crippen molar-refractivity contribution >= 4 is 57.5 Å². The topological polar surface area (TPSA) is 83.9 Å². The number of imide groups is 1. The summed E-state index contributed by atoms with van der Waals surface area (Å²) < 4.78 is 19.7. The second-order valence-electron chi connectivity index (χ2n) is 5.77. The van der Waals surface area contributed by atoms with E-state index in [1.165, 1.54) is 18.2 Å². The normalized spacial score (nSPS) is 15.4. The van der Waals surface area contributed by atoms with Crippen molar-refractivity contribution in [3.63, 3.8) is 0 Å². The van der Waals surface area contributed by atoms with Crippen LogP contribution in [0.2, 0.25) is 0 Å². The molecule has 2 amide bonds. The van der Waals surface area contributed by atoms with E-state index in [1.54, 1.807) is 30.3 Å². The maximum Gasteiger partial charge on any atom is 0.323 e. The van der Waals surface area contributed by atoms with Crippen LogP contribution in [0.25, 0.3) is 6.08 Å². The van der Waals surface area contributed by atoms with E-state index in [4.69, 9.17) is 9.84 Å². The number of hydrogen-bond acceptors (Lipinski definition) is 5. The summed E-state index contributed by atoms with van der Waals surface area (Å²) in [6.07, 6.45) is 1.53. The van der Waals surface area contributed by atoms with Crippen LogP contribution in [0.15, 0.2) is 47.4 Å². The molecule has 1 fully saturated rings. The number of benzene rings is 2. The standard InChI is InChI=1S/C19H13FINO5S/c20-13-3-1-2-12(6-13)10-27-15-5-4-11(7-14(15)21)8-16-18(25)22(9-17(23)24)19(26)28-16/h1-8H,9-10H2,(H,23,24)/b16-8+. The molecule has 9 heteroatoms. The third-order valence-electron chi connectivity index (χ3n) is 3.70. The van der Waals surface area contributed by atoms with Crippen molar-refractivity contribution in [3.05, 3.63) is 67.9 Å². The van der Waals surface area contributed by atoms with Crippen LogP contribution >= 0.6 is 34.4 Å². The number of carbonyl (C=O) groups excluding carboxylic acids is 2. The quantitative estimate of drug-likeness (QED) is 0.462. The van der Waals surface area contributed by atoms with Crippen LogP contribution in [0, 0.1) is 9.39 Å². The number of thioether (sulfide) groups is 1. The Morgan fingerprint density at radius 3 is 2.71 bits per heavy atom. The molecular weight excluding hydrogens is 500 g/mol. The fourth-order valence-corrected chi connectivity index (χ4v) is 3.97. The van der Waals surface area contributed by atoms with E-state index in [9.17, 15) is 18.8 Å². The molecule has 0 spiro atoms. The highest BCUT2D eigenvalue weighted by Gasteiger charge is 2.36. The van der Waals surface area contributed by atoms with Gasteiger partial charge in [-0.25, -0.2) is 4.39 Å². The average molecular weight is 513 g/mol. The molecule has 1 aliphatic rings. The van der Waals surface area contributed by atoms with Gasteiger partial charge in [-0.1, -0.05) is 18.2 Å². The lowest BCUT2D eigenvalue weighted by Crippen LogP contribution is -2.33. The molecule has 0 aromatic heterocycles. The zero-order valence-corrected chi connectivity index (χ0v) is 17.2. The van der Waals surface area contributed by atoms with Gasteiger partial charge in [0.05, 0.1) is 8.48 Å². The van der Waals surface area contributed by atoms with Gasteiger partial charge in [0.2, 0.25) is 0 Å². The molecule has 2 aromatic carbocycles. The summed E-state index contributed by atoms with van der Waals surface area (Å²) >= 11 is 2.78. The van der Waals surface area contributed by atoms with Gasteiger partial charge in [-0.05, 0) is 75.8 Å². The molecule has 0 atom stereocenters. The minimum atomic E-state index is -1.25. The van der Waals surface area contributed by atoms with Gasteiger partial charge >= 0.3 is 5.97 Å². The molecule has 0 unspecified atom stereocenters. The summed E-state index contributed by atoms with van der Waals surface area (Å²) in [4.78, 5) is 35.6. The highest BCUT2D eigenvalue weighted by Crippen LogP contribution is 2.33. The van der Waals surface area contributed by atoms with Crippen LogP contribution in [0.3, 0.4) is 0 Å². The third kappa shape index (κ3) is 4.90. The molecule has 6 nitrogen and oxygen atoms in total. The first-order chi connectivity index (χ1) is 13.3. The largest absolute Gasteiger partial charge is 0.488 e. The van der Waals surface area contributed by atoms with E-state index >= 15 is 0 Å². The monoisotopic (exact) mass is 513 g/mol. The van der Waals surface area contributed by atoms with Gasteiger partial charge in [0.1, 0.15) is 24.7 Å². The number of ether oxygens (including phenoxy) is 1. The number of carboxylic acid groups (broad SMARTS) is 1. The molecule has 1 saturated heterocycles. The third-order valence-corrected chi connectivity index (χ3v) is 5.45. The predicted molar refractivity (Wildman–Crippen MR) is 110 cm³/mol. The molecule has 3 rings (SSSR count). The van der Waals surface area contributed by atoms with E-state index in [-0.39, 0.29) is 17.3 Å². The van der Waals surface area contributed by atoms with Gasteiger partial charge in [0.15, 0.2) is 0 Å². The molecule has 2 aromatic rings. The lowest BCUT2D eigenvalue weighted by atomic mass is 10.2. The fourth-order valence-electron chi connectivity index (χ4n) is 2.43. The van der Waals surface area contributed by atoms with E-state index in [0.717, 1.165) is 3.57 Å². The molecule has 28 heavy (non-hydrogen) atoms. The van der Waals surface area contributed by atoms with E-state index in [0.29, 0.717) is 33.5 Å². The van der Waals surface area contributed by atoms with Crippen molar-refractivity contribution in [1.82, 2.24) is 4.90 Å². The predicted octanol–water partition coefficient (Wildman–Crippen LogP) is 4.13. The van der Waals surface area contributed by atoms with Crippen molar-refractivity contribution in [2.24, 2.45) is 0 Å². The lowest BCUT2D eigenvalue weighted by molar-refractivity contribution is -0.140. The van der Waals surface area contributed by atoms with Gasteiger partial charge < -0.3 is 9.84 Å². The number of aliphatic carboxylic acids is 1. The van der Waals surface area contributed by atoms with Gasteiger partial charge in [-0.15, -0.1) is 0 Å². The van der Waals surface area contributed by atoms with Gasteiger partial charge in [0.25, 0.3) is 11.1 Å². The van der Waals surface area contributed by atoms with Crippen molar-refractivity contribution in [2.75, 3.05) is 6.54 Å². The summed E-state index contributed by atoms with van der Waals surface area (Å²) in [6, 6.07) is 11.3. The number of carboxylic acids is 1. The number of rotatable bonds is 6. The Labute approximate surface area is 177 Å². The first-order valence-corrected chi connectivity index (χ1v) is 9.87. The second-order valence-corrected chi connectivity index (χ2v) is 7.93. The van der Waals surface area contributed by atoms with Crippen LogP contribution in [0.4, 0.5) is 9.18 Å². The van der Waals surface area contributed by atoms with E-state index in [2.05, 4.69) is 22.6 Å². The summed E-state index contributed by atoms with van der Waals surface area (Å²) in [5.41, 5.74) is 1.37. The maximum atomic E-state index is 13.2. The van der Waals surface area contributed by atoms with Crippen LogP contribution < -0.4 is 4.74 Å². The Balaban J connectivity index is 1.72. The highest BCUT2D eigenvalue weighted by atomic mass is 127. The van der Waals surface area contributed by atoms with Gasteiger partial charge in [-0.3, -0.25) is 19.3 Å². The second kappa shape index (κ2) is 8.74. The average Bonchev–Trinajstić information content (AvgIpc) is 2.88. The maximum absolute atomic E-state index is 13.2. The van der Waals surface area contributed by atoms with Crippen molar-refractivity contribution in [3.8, 4) is 5.75 Å². The summed E-state index contributed by atoms with van der Waals surface area (Å²) in [5, 5.41) is 8.18. The van der Waals surface area contributed by atoms with E-state index < -0.39 is 23.7 Å². The summed E-state index contributed by atoms with van der Waals surface area (Å²) in [6.45, 7) is -0.451. The lowest BCUT2D eigenvalue weighted by Gasteiger charge is -2.09. The molecule has 0 radical (unpaired) electrons. The SMILES string of the molecule is O=C(O)CN1C(=O)S/C(=C/c2ccc(OCc3cccc(F)c3)c(I)c2)C1=O. The Morgan fingerprint density at radius 2 is 2.04 bits per heavy atom. The van der Waals surface area contributed by atoms with Crippen molar-refractivity contribution in [2.45, 2.75) is 6.61 Å². The van der Waals surface area contributed by atoms with Crippen LogP contribution in [-0.4, -0.2) is 33.7 Å². The minimum absolute atomic E-state index is 0.162. The number of amides is 2. The van der Waals surface area contributed by atoms with Gasteiger partial charge in [-0.2, -0.15) is 0 Å². The minimum Gasteiger partial charge on any atom is -0.488 e. The van der Waals surface area contributed by atoms with Crippen molar-refractivity contribution in [1.29, 1.82) is 0 Å². The first kappa shape index (κ1) is 20.3. The molecular formula is C19H13FINO5S. The Bertz CT molecular complexity index is 994. The van der Waals surface area contributed by atoms with Gasteiger partial charge in [0, 0.05) is 0 Å². The highest BCUT2D eigenvalue weighted by molar-refractivity contribution is 14.1. The molecule has 1 heterocycles. The van der Waals surface area contributed by atoms with Crippen LogP contribution in [0.5, 0.6) is 5.75 Å². The zero-order valence-electron chi connectivity index (χ0n) is 14.2. The molecule has 0 saturated carbocycles. The van der Waals surface area contributed by atoms with Crippen LogP contribution in [0.1, 0.15) is 11.1 Å². The smallest absolute Gasteiger partial charge is 0.323 e. The fraction of sp³-hybridized carbons (Fsp3) is 0.105. The van der Waals surface area contributed by atoms with E-state index in [1.807, 2.05) is 0 Å². The molecule has 144 valence electrons. The number of halogens is 2. The number of hydrogen-bond donors (Lipinski definition) is 1. The number of nitrogens with zero attached hydrogens (tertiary/aromatic N) is 1. The Kier molecular flexibility index (Phi) is 6.35. The first-order valence-electron chi connectivity index (χ1n) is 7.97. The summed E-state index contributed by atoms with van der Waals surface area (Å²) in [7, 11) is 0. The summed E-state index contributed by atoms with van der Waals surface area (Å²) in [5.74, 6) is -1.61. The molecule has 1 aliphatic heterocycles. The Hall–Kier alpha value is -2.40. The molecule has 0 bridgehead atoms. The number of carbonyl (C=O) groups is 3. The van der Waals surface area contributed by atoms with Crippen LogP contribution in [-0.2, 0) is 16.2 Å². The molecule has 0 aliphatic carbocycles. The molecule has 1 N–H and O–H groups in total. The zero-order chi connectivity index (χ0) is 20.3.